The van der Waals surface area contributed by atoms with E-state index in [1.165, 1.54) is 0 Å². The zero-order chi connectivity index (χ0) is 18.5. The number of rotatable bonds is 2. The molecule has 0 N–H and O–H groups in total. The first-order valence-corrected chi connectivity index (χ1v) is 9.13. The fourth-order valence-corrected chi connectivity index (χ4v) is 4.93. The molecule has 1 unspecified atom stereocenters. The maximum atomic E-state index is 13.0. The molecule has 2 aliphatic heterocycles. The highest BCUT2D eigenvalue weighted by atomic mass is 16.5. The van der Waals surface area contributed by atoms with E-state index in [9.17, 15) is 14.4 Å². The molecule has 1 saturated carbocycles. The molecule has 2 fully saturated rings. The van der Waals surface area contributed by atoms with Gasteiger partial charge in [0, 0.05) is 25.8 Å². The molecular weight excluding hydrogens is 334 g/mol. The van der Waals surface area contributed by atoms with Crippen LogP contribution in [0, 0.1) is 5.41 Å². The molecule has 1 amide bonds. The number of fused-ring (bicyclic) bond motifs is 4. The van der Waals surface area contributed by atoms with Gasteiger partial charge in [0.2, 0.25) is 5.91 Å². The summed E-state index contributed by atoms with van der Waals surface area (Å²) in [5, 5.41) is 0. The van der Waals surface area contributed by atoms with Gasteiger partial charge in [0.25, 0.3) is 0 Å². The second-order valence-electron chi connectivity index (χ2n) is 7.32. The number of nitrogens with zero attached hydrogens (tertiary/aromatic N) is 1. The van der Waals surface area contributed by atoms with E-state index in [-0.39, 0.29) is 23.9 Å². The predicted octanol–water partition coefficient (Wildman–Crippen LogP) is 2.23. The summed E-state index contributed by atoms with van der Waals surface area (Å²) in [5.74, 6) is 1.17. The first kappa shape index (κ1) is 17.1. The Balaban J connectivity index is 1.92. The van der Waals surface area contributed by atoms with Crippen molar-refractivity contribution < 1.29 is 23.9 Å². The molecule has 3 aliphatic rings. The number of amides is 1. The molecular formula is C20H23NO5. The molecule has 6 heteroatoms. The van der Waals surface area contributed by atoms with Crippen molar-refractivity contribution in [1.29, 1.82) is 0 Å². The molecule has 1 atom stereocenters. The Bertz CT molecular complexity index is 784. The average Bonchev–Trinajstić information content (AvgIpc) is 2.66. The summed E-state index contributed by atoms with van der Waals surface area (Å²) in [7, 11) is 3.14. The Morgan fingerprint density at radius 1 is 0.962 bits per heavy atom. The lowest BCUT2D eigenvalue weighted by atomic mass is 9.59. The summed E-state index contributed by atoms with van der Waals surface area (Å²) in [6.45, 7) is 0.522. The van der Waals surface area contributed by atoms with Crippen LogP contribution < -0.4 is 9.47 Å². The van der Waals surface area contributed by atoms with Gasteiger partial charge in [0.15, 0.2) is 11.5 Å². The van der Waals surface area contributed by atoms with Crippen molar-refractivity contribution in [3.8, 4) is 11.5 Å². The fraction of sp³-hybridized carbons (Fsp3) is 0.550. The van der Waals surface area contributed by atoms with Crippen LogP contribution in [-0.2, 0) is 20.8 Å². The van der Waals surface area contributed by atoms with Crippen LogP contribution in [0.15, 0.2) is 12.1 Å². The molecule has 2 heterocycles. The minimum absolute atomic E-state index is 0.0149. The van der Waals surface area contributed by atoms with Gasteiger partial charge in [-0.2, -0.15) is 0 Å². The van der Waals surface area contributed by atoms with Crippen molar-refractivity contribution >= 4 is 17.5 Å². The maximum absolute atomic E-state index is 13.0. The summed E-state index contributed by atoms with van der Waals surface area (Å²) >= 11 is 0. The summed E-state index contributed by atoms with van der Waals surface area (Å²) in [6, 6.07) is 3.24. The van der Waals surface area contributed by atoms with E-state index >= 15 is 0 Å². The number of Topliss-reactive ketones (excluding diaryl/α,β-unsaturated/α-hetero) is 2. The topological polar surface area (TPSA) is 72.9 Å². The molecule has 1 aromatic carbocycles. The van der Waals surface area contributed by atoms with E-state index in [2.05, 4.69) is 0 Å². The minimum atomic E-state index is -1.10. The monoisotopic (exact) mass is 357 g/mol. The Hall–Kier alpha value is -2.37. The second-order valence-corrected chi connectivity index (χ2v) is 7.32. The first-order chi connectivity index (χ1) is 12.5. The van der Waals surface area contributed by atoms with Crippen LogP contribution in [0.4, 0.5) is 0 Å². The summed E-state index contributed by atoms with van der Waals surface area (Å²) in [5.41, 5.74) is 0.774. The third-order valence-electron chi connectivity index (χ3n) is 6.20. The SMILES string of the molecule is COc1cc2c(cc1OC)C1N(CC2)C(=O)CCC12C(=O)CCCC2=O. The van der Waals surface area contributed by atoms with E-state index in [1.807, 2.05) is 12.1 Å². The van der Waals surface area contributed by atoms with E-state index in [4.69, 9.17) is 9.47 Å². The molecule has 4 rings (SSSR count). The summed E-state index contributed by atoms with van der Waals surface area (Å²) < 4.78 is 10.8. The number of methoxy groups -OCH3 is 2. The number of carbonyl (C=O) groups is 3. The third kappa shape index (κ3) is 2.20. The highest BCUT2D eigenvalue weighted by Crippen LogP contribution is 2.54. The van der Waals surface area contributed by atoms with Gasteiger partial charge in [0.1, 0.15) is 17.0 Å². The quantitative estimate of drug-likeness (QED) is 0.759. The fourth-order valence-electron chi connectivity index (χ4n) is 4.93. The van der Waals surface area contributed by atoms with Crippen LogP contribution in [0.2, 0.25) is 0 Å². The van der Waals surface area contributed by atoms with E-state index in [1.54, 1.807) is 19.1 Å². The number of carbonyl (C=O) groups excluding carboxylic acids is 3. The van der Waals surface area contributed by atoms with Gasteiger partial charge in [-0.05, 0) is 42.5 Å². The zero-order valence-electron chi connectivity index (χ0n) is 15.2. The minimum Gasteiger partial charge on any atom is -0.493 e. The van der Waals surface area contributed by atoms with Gasteiger partial charge in [-0.1, -0.05) is 0 Å². The van der Waals surface area contributed by atoms with Gasteiger partial charge in [-0.25, -0.2) is 0 Å². The van der Waals surface area contributed by atoms with Crippen molar-refractivity contribution in [2.45, 2.75) is 44.6 Å². The number of hydrogen-bond acceptors (Lipinski definition) is 5. The Labute approximate surface area is 152 Å². The van der Waals surface area contributed by atoms with Crippen molar-refractivity contribution in [3.05, 3.63) is 23.3 Å². The van der Waals surface area contributed by atoms with Gasteiger partial charge < -0.3 is 14.4 Å². The Morgan fingerprint density at radius 3 is 2.27 bits per heavy atom. The van der Waals surface area contributed by atoms with E-state index in [0.717, 1.165) is 11.1 Å². The molecule has 1 aliphatic carbocycles. The lowest BCUT2D eigenvalue weighted by Gasteiger charge is -2.52. The van der Waals surface area contributed by atoms with E-state index < -0.39 is 11.5 Å². The molecule has 1 saturated heterocycles. The number of ether oxygens (including phenoxy) is 2. The predicted molar refractivity (Wildman–Crippen MR) is 93.2 cm³/mol. The van der Waals surface area contributed by atoms with Gasteiger partial charge in [-0.15, -0.1) is 0 Å². The Kier molecular flexibility index (Phi) is 4.01. The molecule has 138 valence electrons. The lowest BCUT2D eigenvalue weighted by Crippen LogP contribution is -2.59. The summed E-state index contributed by atoms with van der Waals surface area (Å²) in [4.78, 5) is 40.4. The molecule has 26 heavy (non-hydrogen) atoms. The van der Waals surface area contributed by atoms with Gasteiger partial charge in [-0.3, -0.25) is 14.4 Å². The smallest absolute Gasteiger partial charge is 0.223 e. The third-order valence-corrected chi connectivity index (χ3v) is 6.20. The van der Waals surface area contributed by atoms with Crippen molar-refractivity contribution in [1.82, 2.24) is 4.90 Å². The van der Waals surface area contributed by atoms with E-state index in [0.29, 0.717) is 50.1 Å². The van der Waals surface area contributed by atoms with Crippen LogP contribution in [0.5, 0.6) is 11.5 Å². The van der Waals surface area contributed by atoms with Crippen LogP contribution in [0.1, 0.15) is 49.3 Å². The van der Waals surface area contributed by atoms with Crippen molar-refractivity contribution in [2.24, 2.45) is 5.41 Å². The average molecular weight is 357 g/mol. The van der Waals surface area contributed by atoms with Gasteiger partial charge in [0.05, 0.1) is 20.3 Å². The highest BCUT2D eigenvalue weighted by molar-refractivity contribution is 6.11. The van der Waals surface area contributed by atoms with Crippen LogP contribution >= 0.6 is 0 Å². The van der Waals surface area contributed by atoms with Crippen LogP contribution in [0.25, 0.3) is 0 Å². The maximum Gasteiger partial charge on any atom is 0.223 e. The summed E-state index contributed by atoms with van der Waals surface area (Å²) in [6.07, 6.45) is 2.68. The van der Waals surface area contributed by atoms with Crippen LogP contribution in [0.3, 0.4) is 0 Å². The Morgan fingerprint density at radius 2 is 1.62 bits per heavy atom. The highest BCUT2D eigenvalue weighted by Gasteiger charge is 2.59. The van der Waals surface area contributed by atoms with Crippen molar-refractivity contribution in [2.75, 3.05) is 20.8 Å². The lowest BCUT2D eigenvalue weighted by molar-refractivity contribution is -0.161. The normalized spacial score (nSPS) is 24.3. The van der Waals surface area contributed by atoms with Crippen LogP contribution in [-0.4, -0.2) is 43.1 Å². The molecule has 0 bridgehead atoms. The molecule has 1 spiro atoms. The standard InChI is InChI=1S/C20H23NO5/c1-25-14-10-12-7-9-21-18(24)6-8-20(16(22)4-3-5-17(20)23)19(21)13(12)11-15(14)26-2/h10-11,19H,3-9H2,1-2H3. The number of hydrogen-bond donors (Lipinski definition) is 0. The number of benzene rings is 1. The largest absolute Gasteiger partial charge is 0.493 e. The number of piperidine rings is 1. The number of ketones is 2. The van der Waals surface area contributed by atoms with Crippen molar-refractivity contribution in [3.63, 3.8) is 0 Å². The zero-order valence-corrected chi connectivity index (χ0v) is 15.2. The molecule has 0 aromatic heterocycles. The molecule has 0 radical (unpaired) electrons. The van der Waals surface area contributed by atoms with Gasteiger partial charge >= 0.3 is 0 Å². The molecule has 1 aromatic rings. The molecule has 6 nitrogen and oxygen atoms in total. The first-order valence-electron chi connectivity index (χ1n) is 9.13. The second kappa shape index (κ2) is 6.11.